The lowest BCUT2D eigenvalue weighted by atomic mass is 10.1. The number of carbonyl (C=O) groups is 1. The third kappa shape index (κ3) is 1.71. The first kappa shape index (κ1) is 8.08. The van der Waals surface area contributed by atoms with E-state index in [2.05, 4.69) is 6.92 Å². The van der Waals surface area contributed by atoms with Crippen LogP contribution in [0.15, 0.2) is 18.2 Å². The second-order valence-corrected chi connectivity index (χ2v) is 2.60. The maximum atomic E-state index is 10.7. The van der Waals surface area contributed by atoms with Crippen LogP contribution < -0.4 is 5.73 Å². The van der Waals surface area contributed by atoms with Gasteiger partial charge in [-0.05, 0) is 24.6 Å². The van der Waals surface area contributed by atoms with Crippen LogP contribution in [0, 0.1) is 6.92 Å². The summed E-state index contributed by atoms with van der Waals surface area (Å²) in [4.78, 5) is 10.7. The number of amides is 1. The molecule has 57 valence electrons. The van der Waals surface area contributed by atoms with E-state index in [-0.39, 0.29) is 0 Å². The fraction of sp³-hybridized carbons (Fsp3) is 0. The van der Waals surface area contributed by atoms with E-state index in [1.165, 1.54) is 6.07 Å². The Morgan fingerprint density at radius 2 is 2.18 bits per heavy atom. The normalized spacial score (nSPS) is 9.64. The molecule has 1 aromatic carbocycles. The highest BCUT2D eigenvalue weighted by Crippen LogP contribution is 2.14. The summed E-state index contributed by atoms with van der Waals surface area (Å²) >= 11 is 5.63. The molecule has 11 heavy (non-hydrogen) atoms. The van der Waals surface area contributed by atoms with Crippen LogP contribution in [-0.4, -0.2) is 5.91 Å². The molecule has 0 aliphatic heterocycles. The fourth-order valence-electron chi connectivity index (χ4n) is 0.778. The minimum Gasteiger partial charge on any atom is -0.366 e. The van der Waals surface area contributed by atoms with Crippen molar-refractivity contribution in [3.63, 3.8) is 0 Å². The van der Waals surface area contributed by atoms with E-state index in [0.29, 0.717) is 16.1 Å². The Kier molecular flexibility index (Phi) is 2.15. The van der Waals surface area contributed by atoms with Gasteiger partial charge in [0.1, 0.15) is 0 Å². The number of benzene rings is 1. The predicted molar refractivity (Wildman–Crippen MR) is 44.4 cm³/mol. The summed E-state index contributed by atoms with van der Waals surface area (Å²) < 4.78 is 0. The van der Waals surface area contributed by atoms with Gasteiger partial charge in [-0.15, -0.1) is 0 Å². The minimum absolute atomic E-state index is 0.373. The van der Waals surface area contributed by atoms with Crippen molar-refractivity contribution in [1.29, 1.82) is 0 Å². The molecule has 2 nitrogen and oxygen atoms in total. The van der Waals surface area contributed by atoms with E-state index in [9.17, 15) is 4.79 Å². The van der Waals surface area contributed by atoms with E-state index in [0.717, 1.165) is 0 Å². The highest BCUT2D eigenvalue weighted by Gasteiger charge is 2.03. The number of carbonyl (C=O) groups excluding carboxylic acids is 1. The first-order chi connectivity index (χ1) is 5.11. The molecule has 0 unspecified atom stereocenters. The SMILES string of the molecule is [CH2]c1ccc(Cl)cc1C(N)=O. The molecule has 0 spiro atoms. The highest BCUT2D eigenvalue weighted by molar-refractivity contribution is 6.31. The van der Waals surface area contributed by atoms with Crippen molar-refractivity contribution in [3.8, 4) is 0 Å². The molecule has 0 aliphatic rings. The van der Waals surface area contributed by atoms with Crippen molar-refractivity contribution in [1.82, 2.24) is 0 Å². The van der Waals surface area contributed by atoms with Crippen LogP contribution in [0.25, 0.3) is 0 Å². The Morgan fingerprint density at radius 1 is 1.55 bits per heavy atom. The van der Waals surface area contributed by atoms with Crippen molar-refractivity contribution in [2.24, 2.45) is 5.73 Å². The number of nitrogens with two attached hydrogens (primary N) is 1. The quantitative estimate of drug-likeness (QED) is 0.681. The monoisotopic (exact) mass is 168 g/mol. The average molecular weight is 169 g/mol. The van der Waals surface area contributed by atoms with Gasteiger partial charge in [-0.2, -0.15) is 0 Å². The van der Waals surface area contributed by atoms with Gasteiger partial charge in [0.2, 0.25) is 5.91 Å². The molecule has 0 aromatic heterocycles. The number of halogens is 1. The molecule has 0 fully saturated rings. The number of hydrogen-bond acceptors (Lipinski definition) is 1. The van der Waals surface area contributed by atoms with Gasteiger partial charge in [0.25, 0.3) is 0 Å². The number of rotatable bonds is 1. The van der Waals surface area contributed by atoms with E-state index < -0.39 is 5.91 Å². The maximum absolute atomic E-state index is 10.7. The summed E-state index contributed by atoms with van der Waals surface area (Å²) in [5.74, 6) is -0.502. The Hall–Kier alpha value is -1.02. The Morgan fingerprint density at radius 3 is 2.64 bits per heavy atom. The Bertz CT molecular complexity index is 296. The summed E-state index contributed by atoms with van der Waals surface area (Å²) in [5.41, 5.74) is 6.02. The standard InChI is InChI=1S/C8H7ClNO/c1-5-2-3-6(9)4-7(5)8(10)11/h2-4H,1H2,(H2,10,11). The maximum Gasteiger partial charge on any atom is 0.249 e. The van der Waals surface area contributed by atoms with E-state index in [4.69, 9.17) is 17.3 Å². The third-order valence-electron chi connectivity index (χ3n) is 1.34. The molecular weight excluding hydrogens is 162 g/mol. The molecule has 1 radical (unpaired) electrons. The van der Waals surface area contributed by atoms with Gasteiger partial charge in [-0.25, -0.2) is 0 Å². The zero-order valence-electron chi connectivity index (χ0n) is 5.80. The predicted octanol–water partition coefficient (Wildman–Crippen LogP) is 1.62. The van der Waals surface area contributed by atoms with Gasteiger partial charge in [0.15, 0.2) is 0 Å². The lowest BCUT2D eigenvalue weighted by molar-refractivity contribution is 0.1000. The van der Waals surface area contributed by atoms with Crippen LogP contribution in [-0.2, 0) is 0 Å². The van der Waals surface area contributed by atoms with Crippen molar-refractivity contribution in [2.45, 2.75) is 0 Å². The second-order valence-electron chi connectivity index (χ2n) is 2.17. The molecule has 1 amide bonds. The van der Waals surface area contributed by atoms with Gasteiger partial charge in [0, 0.05) is 10.6 Å². The van der Waals surface area contributed by atoms with Crippen LogP contribution >= 0.6 is 11.6 Å². The molecule has 0 atom stereocenters. The van der Waals surface area contributed by atoms with E-state index in [1.54, 1.807) is 12.1 Å². The number of primary amides is 1. The van der Waals surface area contributed by atoms with Crippen molar-refractivity contribution < 1.29 is 4.79 Å². The summed E-state index contributed by atoms with van der Waals surface area (Å²) in [5, 5.41) is 0.492. The first-order valence-corrected chi connectivity index (χ1v) is 3.40. The lowest BCUT2D eigenvalue weighted by Crippen LogP contribution is -2.12. The van der Waals surface area contributed by atoms with Gasteiger partial charge in [0.05, 0.1) is 0 Å². The largest absolute Gasteiger partial charge is 0.366 e. The zero-order chi connectivity index (χ0) is 8.43. The summed E-state index contributed by atoms with van der Waals surface area (Å²) in [6, 6.07) is 4.82. The highest BCUT2D eigenvalue weighted by atomic mass is 35.5. The fourth-order valence-corrected chi connectivity index (χ4v) is 0.950. The lowest BCUT2D eigenvalue weighted by Gasteiger charge is -1.99. The minimum atomic E-state index is -0.502. The van der Waals surface area contributed by atoms with Crippen molar-refractivity contribution in [3.05, 3.63) is 41.3 Å². The Labute approximate surface area is 70.0 Å². The van der Waals surface area contributed by atoms with E-state index in [1.807, 2.05) is 0 Å². The number of hydrogen-bond donors (Lipinski definition) is 1. The molecule has 1 rings (SSSR count). The van der Waals surface area contributed by atoms with Gasteiger partial charge < -0.3 is 5.73 Å². The van der Waals surface area contributed by atoms with Crippen LogP contribution in [0.1, 0.15) is 15.9 Å². The summed E-state index contributed by atoms with van der Waals surface area (Å²) in [6.45, 7) is 3.62. The smallest absolute Gasteiger partial charge is 0.249 e. The van der Waals surface area contributed by atoms with Gasteiger partial charge >= 0.3 is 0 Å². The molecule has 1 aromatic rings. The molecule has 0 bridgehead atoms. The van der Waals surface area contributed by atoms with Gasteiger partial charge in [-0.1, -0.05) is 17.7 Å². The summed E-state index contributed by atoms with van der Waals surface area (Å²) in [7, 11) is 0. The summed E-state index contributed by atoms with van der Waals surface area (Å²) in [6.07, 6.45) is 0. The molecule has 0 aliphatic carbocycles. The van der Waals surface area contributed by atoms with Crippen molar-refractivity contribution in [2.75, 3.05) is 0 Å². The van der Waals surface area contributed by atoms with Crippen LogP contribution in [0.3, 0.4) is 0 Å². The molecule has 0 heterocycles. The molecule has 3 heteroatoms. The average Bonchev–Trinajstić information content (AvgIpc) is 1.94. The van der Waals surface area contributed by atoms with Crippen LogP contribution in [0.5, 0.6) is 0 Å². The van der Waals surface area contributed by atoms with Crippen LogP contribution in [0.2, 0.25) is 5.02 Å². The third-order valence-corrected chi connectivity index (χ3v) is 1.57. The second kappa shape index (κ2) is 2.93. The Balaban J connectivity index is 3.23. The first-order valence-electron chi connectivity index (χ1n) is 3.02. The molecule has 0 saturated heterocycles. The molecule has 2 N–H and O–H groups in total. The molecular formula is C8H7ClNO. The topological polar surface area (TPSA) is 43.1 Å². The van der Waals surface area contributed by atoms with E-state index >= 15 is 0 Å². The van der Waals surface area contributed by atoms with Crippen molar-refractivity contribution >= 4 is 17.5 Å². The van der Waals surface area contributed by atoms with Gasteiger partial charge in [-0.3, -0.25) is 4.79 Å². The zero-order valence-corrected chi connectivity index (χ0v) is 6.56. The van der Waals surface area contributed by atoms with Crippen LogP contribution in [0.4, 0.5) is 0 Å². The molecule has 0 saturated carbocycles.